The summed E-state index contributed by atoms with van der Waals surface area (Å²) in [5.41, 5.74) is 4.81. The highest BCUT2D eigenvalue weighted by Crippen LogP contribution is 2.27. The normalized spacial score (nSPS) is 11.0. The molecule has 2 heterocycles. The lowest BCUT2D eigenvalue weighted by Gasteiger charge is -2.09. The summed E-state index contributed by atoms with van der Waals surface area (Å²) < 4.78 is 9.23. The first-order valence-corrected chi connectivity index (χ1v) is 11.1. The van der Waals surface area contributed by atoms with Gasteiger partial charge in [-0.3, -0.25) is 4.79 Å². The molecule has 170 valence electrons. The summed E-state index contributed by atoms with van der Waals surface area (Å²) in [5.74, 6) is 1.45. The quantitative estimate of drug-likeness (QED) is 0.391. The van der Waals surface area contributed by atoms with E-state index in [4.69, 9.17) is 9.84 Å². The van der Waals surface area contributed by atoms with Crippen molar-refractivity contribution in [3.05, 3.63) is 96.4 Å². The molecule has 5 rings (SSSR count). The molecule has 0 aliphatic carbocycles. The van der Waals surface area contributed by atoms with Gasteiger partial charge in [0.2, 0.25) is 0 Å². The molecule has 5 aromatic rings. The second kappa shape index (κ2) is 9.23. The summed E-state index contributed by atoms with van der Waals surface area (Å²) in [4.78, 5) is 17.9. The highest BCUT2D eigenvalue weighted by atomic mass is 16.5. The highest BCUT2D eigenvalue weighted by molar-refractivity contribution is 6.00. The number of imidazole rings is 1. The standard InChI is InChI=1S/C27H25N5O2/c1-19-29-24-13-6-7-14-25(24)31(19)16-15-28-27(33)23-18-32(21-10-4-3-5-11-21)30-26(23)20-9-8-12-22(17-20)34-2/h3-14,17-18H,15-16H2,1-2H3,(H,28,33). The zero-order chi connectivity index (χ0) is 23.5. The molecule has 1 amide bonds. The van der Waals surface area contributed by atoms with Crippen LogP contribution in [0.15, 0.2) is 85.1 Å². The van der Waals surface area contributed by atoms with Gasteiger partial charge in [-0.2, -0.15) is 5.10 Å². The Bertz CT molecular complexity index is 1450. The minimum atomic E-state index is -0.179. The number of carbonyl (C=O) groups is 1. The number of aromatic nitrogens is 4. The van der Waals surface area contributed by atoms with Crippen LogP contribution in [0.5, 0.6) is 5.75 Å². The van der Waals surface area contributed by atoms with E-state index in [1.807, 2.05) is 85.8 Å². The van der Waals surface area contributed by atoms with Gasteiger partial charge < -0.3 is 14.6 Å². The molecular formula is C27H25N5O2. The summed E-state index contributed by atoms with van der Waals surface area (Å²) in [6.45, 7) is 3.07. The molecule has 0 atom stereocenters. The maximum Gasteiger partial charge on any atom is 0.255 e. The maximum atomic E-state index is 13.3. The number of hydrogen-bond donors (Lipinski definition) is 1. The van der Waals surface area contributed by atoms with E-state index in [-0.39, 0.29) is 5.91 Å². The molecule has 0 saturated heterocycles. The van der Waals surface area contributed by atoms with Crippen molar-refractivity contribution >= 4 is 16.9 Å². The summed E-state index contributed by atoms with van der Waals surface area (Å²) in [5, 5.41) is 7.81. The van der Waals surface area contributed by atoms with Crippen molar-refractivity contribution < 1.29 is 9.53 Å². The number of para-hydroxylation sites is 3. The van der Waals surface area contributed by atoms with Crippen LogP contribution in [-0.2, 0) is 6.54 Å². The van der Waals surface area contributed by atoms with Crippen molar-refractivity contribution in [3.8, 4) is 22.7 Å². The predicted octanol–water partition coefficient (Wildman–Crippen LogP) is 4.64. The van der Waals surface area contributed by atoms with E-state index in [1.165, 1.54) is 0 Å². The van der Waals surface area contributed by atoms with Crippen LogP contribution in [0.3, 0.4) is 0 Å². The molecule has 34 heavy (non-hydrogen) atoms. The number of aryl methyl sites for hydroxylation is 1. The topological polar surface area (TPSA) is 74.0 Å². The lowest BCUT2D eigenvalue weighted by molar-refractivity contribution is 0.0953. The van der Waals surface area contributed by atoms with E-state index in [9.17, 15) is 4.79 Å². The molecule has 0 aliphatic rings. The number of benzene rings is 3. The van der Waals surface area contributed by atoms with Crippen molar-refractivity contribution in [2.45, 2.75) is 13.5 Å². The molecule has 0 radical (unpaired) electrons. The number of ether oxygens (including phenoxy) is 1. The van der Waals surface area contributed by atoms with Crippen molar-refractivity contribution in [1.82, 2.24) is 24.6 Å². The largest absolute Gasteiger partial charge is 0.497 e. The number of fused-ring (bicyclic) bond motifs is 1. The first-order chi connectivity index (χ1) is 16.6. The number of rotatable bonds is 7. The van der Waals surface area contributed by atoms with E-state index in [0.29, 0.717) is 30.1 Å². The van der Waals surface area contributed by atoms with Gasteiger partial charge in [0.15, 0.2) is 0 Å². The summed E-state index contributed by atoms with van der Waals surface area (Å²) >= 11 is 0. The number of carbonyl (C=O) groups excluding carboxylic acids is 1. The molecule has 7 heteroatoms. The third-order valence-corrected chi connectivity index (χ3v) is 5.79. The van der Waals surface area contributed by atoms with Gasteiger partial charge in [0.1, 0.15) is 17.3 Å². The van der Waals surface area contributed by atoms with E-state index < -0.39 is 0 Å². The van der Waals surface area contributed by atoms with Gasteiger partial charge in [0, 0.05) is 24.8 Å². The van der Waals surface area contributed by atoms with Gasteiger partial charge >= 0.3 is 0 Å². The first-order valence-electron chi connectivity index (χ1n) is 11.1. The van der Waals surface area contributed by atoms with Crippen LogP contribution in [0.25, 0.3) is 28.0 Å². The Labute approximate surface area is 197 Å². The molecule has 0 aliphatic heterocycles. The Balaban J connectivity index is 1.42. The van der Waals surface area contributed by atoms with Crippen LogP contribution < -0.4 is 10.1 Å². The second-order valence-electron chi connectivity index (χ2n) is 7.96. The molecule has 3 aromatic carbocycles. The molecule has 0 saturated carbocycles. The third kappa shape index (κ3) is 4.15. The number of methoxy groups -OCH3 is 1. The zero-order valence-corrected chi connectivity index (χ0v) is 19.1. The average Bonchev–Trinajstić information content (AvgIpc) is 3.46. The van der Waals surface area contributed by atoms with E-state index in [1.54, 1.807) is 18.0 Å². The molecule has 0 fully saturated rings. The number of nitrogens with zero attached hydrogens (tertiary/aromatic N) is 4. The lowest BCUT2D eigenvalue weighted by atomic mass is 10.1. The second-order valence-corrected chi connectivity index (χ2v) is 7.96. The number of hydrogen-bond acceptors (Lipinski definition) is 4. The minimum absolute atomic E-state index is 0.179. The van der Waals surface area contributed by atoms with E-state index >= 15 is 0 Å². The Morgan fingerprint density at radius 1 is 1.00 bits per heavy atom. The van der Waals surface area contributed by atoms with Gasteiger partial charge in [0.05, 0.1) is 29.4 Å². The van der Waals surface area contributed by atoms with Crippen LogP contribution >= 0.6 is 0 Å². The Morgan fingerprint density at radius 2 is 1.79 bits per heavy atom. The Morgan fingerprint density at radius 3 is 2.62 bits per heavy atom. The van der Waals surface area contributed by atoms with Crippen LogP contribution in [-0.4, -0.2) is 38.9 Å². The molecule has 2 aromatic heterocycles. The van der Waals surface area contributed by atoms with Crippen LogP contribution in [0.4, 0.5) is 0 Å². The van der Waals surface area contributed by atoms with Crippen molar-refractivity contribution in [3.63, 3.8) is 0 Å². The van der Waals surface area contributed by atoms with Crippen LogP contribution in [0.1, 0.15) is 16.2 Å². The van der Waals surface area contributed by atoms with Gasteiger partial charge in [-0.05, 0) is 43.3 Å². The minimum Gasteiger partial charge on any atom is -0.497 e. The molecule has 0 unspecified atom stereocenters. The number of nitrogens with one attached hydrogen (secondary N) is 1. The van der Waals surface area contributed by atoms with Crippen molar-refractivity contribution in [2.24, 2.45) is 0 Å². The summed E-state index contributed by atoms with van der Waals surface area (Å²) in [6.07, 6.45) is 1.78. The molecule has 0 bridgehead atoms. The summed E-state index contributed by atoms with van der Waals surface area (Å²) in [6, 6.07) is 25.3. The molecular weight excluding hydrogens is 426 g/mol. The van der Waals surface area contributed by atoms with Crippen molar-refractivity contribution in [2.75, 3.05) is 13.7 Å². The van der Waals surface area contributed by atoms with Crippen LogP contribution in [0.2, 0.25) is 0 Å². The van der Waals surface area contributed by atoms with Gasteiger partial charge in [0.25, 0.3) is 5.91 Å². The predicted molar refractivity (Wildman–Crippen MR) is 132 cm³/mol. The molecule has 0 spiro atoms. The smallest absolute Gasteiger partial charge is 0.255 e. The molecule has 1 N–H and O–H groups in total. The zero-order valence-electron chi connectivity index (χ0n) is 19.1. The Kier molecular flexibility index (Phi) is 5.82. The van der Waals surface area contributed by atoms with E-state index in [2.05, 4.69) is 14.9 Å². The van der Waals surface area contributed by atoms with Crippen molar-refractivity contribution in [1.29, 1.82) is 0 Å². The maximum absolute atomic E-state index is 13.3. The SMILES string of the molecule is COc1cccc(-c2nn(-c3ccccc3)cc2C(=O)NCCn2c(C)nc3ccccc32)c1. The summed E-state index contributed by atoms with van der Waals surface area (Å²) in [7, 11) is 1.62. The van der Waals surface area contributed by atoms with Gasteiger partial charge in [-0.25, -0.2) is 9.67 Å². The average molecular weight is 452 g/mol. The fraction of sp³-hybridized carbons (Fsp3) is 0.148. The number of amides is 1. The monoisotopic (exact) mass is 451 g/mol. The first kappa shape index (κ1) is 21.5. The van der Waals surface area contributed by atoms with Crippen LogP contribution in [0, 0.1) is 6.92 Å². The van der Waals surface area contributed by atoms with Gasteiger partial charge in [-0.1, -0.05) is 42.5 Å². The Hall–Kier alpha value is -4.39. The third-order valence-electron chi connectivity index (χ3n) is 5.79. The molecule has 7 nitrogen and oxygen atoms in total. The fourth-order valence-electron chi connectivity index (χ4n) is 4.09. The van der Waals surface area contributed by atoms with E-state index in [0.717, 1.165) is 28.1 Å². The lowest BCUT2D eigenvalue weighted by Crippen LogP contribution is -2.27. The highest BCUT2D eigenvalue weighted by Gasteiger charge is 2.19. The fourth-order valence-corrected chi connectivity index (χ4v) is 4.09. The van der Waals surface area contributed by atoms with Gasteiger partial charge in [-0.15, -0.1) is 0 Å².